The molecule has 0 radical (unpaired) electrons. The number of nitrogens with one attached hydrogen (secondary N) is 1. The third-order valence-electron chi connectivity index (χ3n) is 3.84. The molecule has 2 aromatic rings. The van der Waals surface area contributed by atoms with Crippen LogP contribution in [0.4, 0.5) is 0 Å². The lowest BCUT2D eigenvalue weighted by Crippen LogP contribution is -2.30. The standard InChI is InChI=1S/C15H20N4O2S/c1-2-19-13(12-7-5-9-21-12)17-18-15(19)22-10-11-6-3-4-8-16-14(11)20/h5,7,9,11H,2-4,6,8,10H2,1H3,(H,16,20). The minimum absolute atomic E-state index is 0.0570. The van der Waals surface area contributed by atoms with Gasteiger partial charge < -0.3 is 9.73 Å². The lowest BCUT2D eigenvalue weighted by atomic mass is 10.1. The van der Waals surface area contributed by atoms with Crippen molar-refractivity contribution in [3.63, 3.8) is 0 Å². The molecule has 0 spiro atoms. The lowest BCUT2D eigenvalue weighted by Gasteiger charge is -2.12. The molecule has 1 aliphatic heterocycles. The van der Waals surface area contributed by atoms with E-state index in [4.69, 9.17) is 4.42 Å². The third kappa shape index (κ3) is 3.19. The van der Waals surface area contributed by atoms with Crippen molar-refractivity contribution in [3.8, 4) is 11.6 Å². The minimum Gasteiger partial charge on any atom is -0.461 e. The van der Waals surface area contributed by atoms with Gasteiger partial charge >= 0.3 is 0 Å². The zero-order valence-electron chi connectivity index (χ0n) is 12.6. The van der Waals surface area contributed by atoms with Gasteiger partial charge in [0, 0.05) is 24.8 Å². The molecular weight excluding hydrogens is 300 g/mol. The molecule has 7 heteroatoms. The fraction of sp³-hybridized carbons (Fsp3) is 0.533. The van der Waals surface area contributed by atoms with Gasteiger partial charge in [-0.1, -0.05) is 18.2 Å². The van der Waals surface area contributed by atoms with Crippen LogP contribution >= 0.6 is 11.8 Å². The molecule has 1 amide bonds. The summed E-state index contributed by atoms with van der Waals surface area (Å²) < 4.78 is 7.43. The molecule has 1 atom stereocenters. The predicted octanol–water partition coefficient (Wildman–Crippen LogP) is 2.57. The van der Waals surface area contributed by atoms with E-state index in [-0.39, 0.29) is 11.8 Å². The van der Waals surface area contributed by atoms with Gasteiger partial charge in [-0.05, 0) is 31.9 Å². The number of furan rings is 1. The number of hydrogen-bond acceptors (Lipinski definition) is 5. The number of carbonyl (C=O) groups is 1. The number of nitrogens with zero attached hydrogens (tertiary/aromatic N) is 3. The molecule has 0 saturated carbocycles. The molecule has 1 saturated heterocycles. The Balaban J connectivity index is 1.71. The maximum atomic E-state index is 12.0. The average Bonchev–Trinajstić information content (AvgIpc) is 3.13. The molecule has 3 rings (SSSR count). The van der Waals surface area contributed by atoms with E-state index in [1.807, 2.05) is 16.7 Å². The molecule has 0 bridgehead atoms. The summed E-state index contributed by atoms with van der Waals surface area (Å²) in [6.07, 6.45) is 4.75. The van der Waals surface area contributed by atoms with Crippen molar-refractivity contribution < 1.29 is 9.21 Å². The van der Waals surface area contributed by atoms with Gasteiger partial charge in [-0.3, -0.25) is 9.36 Å². The van der Waals surface area contributed by atoms with E-state index in [0.29, 0.717) is 5.76 Å². The number of carbonyl (C=O) groups excluding carboxylic acids is 1. The van der Waals surface area contributed by atoms with Gasteiger partial charge in [0.2, 0.25) is 5.91 Å². The number of amides is 1. The molecule has 1 fully saturated rings. The van der Waals surface area contributed by atoms with Crippen LogP contribution < -0.4 is 5.32 Å². The summed E-state index contributed by atoms with van der Waals surface area (Å²) in [5.41, 5.74) is 0. The number of rotatable bonds is 5. The summed E-state index contributed by atoms with van der Waals surface area (Å²) in [5.74, 6) is 2.41. The molecule has 6 nitrogen and oxygen atoms in total. The second-order valence-corrected chi connectivity index (χ2v) is 6.31. The Morgan fingerprint density at radius 1 is 1.45 bits per heavy atom. The van der Waals surface area contributed by atoms with E-state index in [0.717, 1.165) is 49.1 Å². The molecule has 3 heterocycles. The molecule has 2 aromatic heterocycles. The fourth-order valence-corrected chi connectivity index (χ4v) is 3.74. The van der Waals surface area contributed by atoms with Gasteiger partial charge in [0.15, 0.2) is 16.7 Å². The van der Waals surface area contributed by atoms with Gasteiger partial charge in [-0.25, -0.2) is 0 Å². The summed E-state index contributed by atoms with van der Waals surface area (Å²) in [7, 11) is 0. The van der Waals surface area contributed by atoms with Crippen LogP contribution in [-0.2, 0) is 11.3 Å². The van der Waals surface area contributed by atoms with E-state index in [1.165, 1.54) is 0 Å². The molecule has 1 aliphatic rings. The molecule has 118 valence electrons. The van der Waals surface area contributed by atoms with Crippen LogP contribution in [-0.4, -0.2) is 33.0 Å². The summed E-state index contributed by atoms with van der Waals surface area (Å²) in [5, 5.41) is 12.3. The normalized spacial score (nSPS) is 19.0. The van der Waals surface area contributed by atoms with Crippen molar-refractivity contribution in [2.45, 2.75) is 37.9 Å². The van der Waals surface area contributed by atoms with Crippen LogP contribution in [0.3, 0.4) is 0 Å². The molecule has 1 unspecified atom stereocenters. The monoisotopic (exact) mass is 320 g/mol. The van der Waals surface area contributed by atoms with Gasteiger partial charge in [0.1, 0.15) is 0 Å². The summed E-state index contributed by atoms with van der Waals surface area (Å²) >= 11 is 1.60. The van der Waals surface area contributed by atoms with Crippen molar-refractivity contribution in [1.82, 2.24) is 20.1 Å². The van der Waals surface area contributed by atoms with Crippen molar-refractivity contribution in [2.24, 2.45) is 5.92 Å². The van der Waals surface area contributed by atoms with Crippen molar-refractivity contribution in [2.75, 3.05) is 12.3 Å². The topological polar surface area (TPSA) is 73.0 Å². The highest BCUT2D eigenvalue weighted by molar-refractivity contribution is 7.99. The molecule has 1 N–H and O–H groups in total. The Morgan fingerprint density at radius 3 is 3.14 bits per heavy atom. The third-order valence-corrected chi connectivity index (χ3v) is 4.97. The first-order valence-corrected chi connectivity index (χ1v) is 8.65. The predicted molar refractivity (Wildman–Crippen MR) is 84.5 cm³/mol. The second kappa shape index (κ2) is 7.00. The van der Waals surface area contributed by atoms with Gasteiger partial charge in [-0.15, -0.1) is 10.2 Å². The first-order chi connectivity index (χ1) is 10.8. The summed E-state index contributed by atoms with van der Waals surface area (Å²) in [6, 6.07) is 3.72. The molecule has 0 aromatic carbocycles. The van der Waals surface area contributed by atoms with Crippen molar-refractivity contribution in [3.05, 3.63) is 18.4 Å². The van der Waals surface area contributed by atoms with E-state index >= 15 is 0 Å². The van der Waals surface area contributed by atoms with Crippen LogP contribution in [0.2, 0.25) is 0 Å². The van der Waals surface area contributed by atoms with Crippen molar-refractivity contribution >= 4 is 17.7 Å². The Bertz CT molecular complexity index is 624. The van der Waals surface area contributed by atoms with Crippen LogP contribution in [0.25, 0.3) is 11.6 Å². The quantitative estimate of drug-likeness (QED) is 0.857. The lowest BCUT2D eigenvalue weighted by molar-refractivity contribution is -0.123. The Kier molecular flexibility index (Phi) is 4.82. The Morgan fingerprint density at radius 2 is 2.36 bits per heavy atom. The molecular formula is C15H20N4O2S. The van der Waals surface area contributed by atoms with Gasteiger partial charge in [0.25, 0.3) is 0 Å². The first kappa shape index (κ1) is 15.1. The van der Waals surface area contributed by atoms with E-state index in [1.54, 1.807) is 18.0 Å². The maximum Gasteiger partial charge on any atom is 0.223 e. The van der Waals surface area contributed by atoms with Crippen LogP contribution in [0.1, 0.15) is 26.2 Å². The van der Waals surface area contributed by atoms with E-state index in [2.05, 4.69) is 22.4 Å². The zero-order valence-corrected chi connectivity index (χ0v) is 13.4. The highest BCUT2D eigenvalue weighted by Crippen LogP contribution is 2.27. The van der Waals surface area contributed by atoms with Crippen LogP contribution in [0.5, 0.6) is 0 Å². The maximum absolute atomic E-state index is 12.0. The summed E-state index contributed by atoms with van der Waals surface area (Å²) in [4.78, 5) is 12.0. The number of thioether (sulfide) groups is 1. The Labute approximate surface area is 133 Å². The highest BCUT2D eigenvalue weighted by atomic mass is 32.2. The molecule has 0 aliphatic carbocycles. The first-order valence-electron chi connectivity index (χ1n) is 7.67. The number of hydrogen-bond donors (Lipinski definition) is 1. The number of aromatic nitrogens is 3. The van der Waals surface area contributed by atoms with Gasteiger partial charge in [0.05, 0.1) is 6.26 Å². The smallest absolute Gasteiger partial charge is 0.223 e. The Hall–Kier alpha value is -1.76. The SMILES string of the molecule is CCn1c(SCC2CCCCNC2=O)nnc1-c1ccco1. The van der Waals surface area contributed by atoms with Crippen LogP contribution in [0.15, 0.2) is 28.0 Å². The highest BCUT2D eigenvalue weighted by Gasteiger charge is 2.22. The van der Waals surface area contributed by atoms with Gasteiger partial charge in [-0.2, -0.15) is 0 Å². The second-order valence-electron chi connectivity index (χ2n) is 5.32. The van der Waals surface area contributed by atoms with Crippen LogP contribution in [0, 0.1) is 5.92 Å². The zero-order chi connectivity index (χ0) is 15.4. The largest absolute Gasteiger partial charge is 0.461 e. The van der Waals surface area contributed by atoms with E-state index < -0.39 is 0 Å². The fourth-order valence-electron chi connectivity index (χ4n) is 2.61. The van der Waals surface area contributed by atoms with Crippen molar-refractivity contribution in [1.29, 1.82) is 0 Å². The summed E-state index contributed by atoms with van der Waals surface area (Å²) in [6.45, 7) is 3.62. The minimum atomic E-state index is 0.0570. The average molecular weight is 320 g/mol. The van der Waals surface area contributed by atoms with E-state index in [9.17, 15) is 4.79 Å². The molecule has 22 heavy (non-hydrogen) atoms.